The van der Waals surface area contributed by atoms with E-state index < -0.39 is 85.5 Å². The minimum Gasteiger partial charge on any atom is -0.459 e. The highest BCUT2D eigenvalue weighted by Gasteiger charge is 2.58. The number of aliphatic hydroxyl groups excluding tert-OH is 7. The van der Waals surface area contributed by atoms with Gasteiger partial charge in [-0.15, -0.1) is 0 Å². The summed E-state index contributed by atoms with van der Waals surface area (Å²) in [5, 5.41) is 80.5. The number of hydrogen-bond acceptors (Lipinski definition) is 14. The number of aliphatic hydroxyl groups is 7. The van der Waals surface area contributed by atoms with Crippen LogP contribution in [-0.2, 0) is 18.9 Å². The zero-order chi connectivity index (χ0) is 25.2. The Balaban J connectivity index is 1.68. The van der Waals surface area contributed by atoms with Gasteiger partial charge in [0.1, 0.15) is 55.9 Å². The SMILES string of the molecule is O=C(OC[C@H]1O[C@@H](O[C@]2(CO)O[C@@H](CO)[C@@H](O)[C@@H]2O)[C@H](O)[C@@H](O)[C@@H]1O)c1ccc([N+](=O)[O-])cc1. The molecule has 9 atom stereocenters. The van der Waals surface area contributed by atoms with Gasteiger partial charge < -0.3 is 54.7 Å². The summed E-state index contributed by atoms with van der Waals surface area (Å²) in [6.07, 6.45) is -13.7. The molecule has 0 saturated carbocycles. The first kappa shape index (κ1) is 26.3. The van der Waals surface area contributed by atoms with Gasteiger partial charge in [-0.2, -0.15) is 0 Å². The number of non-ortho nitro benzene ring substituents is 1. The Morgan fingerprint density at radius 2 is 1.65 bits per heavy atom. The Bertz CT molecular complexity index is 867. The maximum absolute atomic E-state index is 12.2. The second kappa shape index (κ2) is 10.5. The van der Waals surface area contributed by atoms with Crippen LogP contribution in [-0.4, -0.2) is 121 Å². The van der Waals surface area contributed by atoms with E-state index in [-0.39, 0.29) is 11.3 Å². The number of hydrogen-bond donors (Lipinski definition) is 7. The molecule has 15 heteroatoms. The van der Waals surface area contributed by atoms with E-state index >= 15 is 0 Å². The predicted molar refractivity (Wildman–Crippen MR) is 105 cm³/mol. The van der Waals surface area contributed by atoms with Gasteiger partial charge in [-0.05, 0) is 12.1 Å². The minimum absolute atomic E-state index is 0.0463. The Labute approximate surface area is 191 Å². The van der Waals surface area contributed by atoms with Crippen LogP contribution in [0.2, 0.25) is 0 Å². The van der Waals surface area contributed by atoms with E-state index in [1.54, 1.807) is 0 Å². The van der Waals surface area contributed by atoms with Gasteiger partial charge in [-0.1, -0.05) is 0 Å². The lowest BCUT2D eigenvalue weighted by atomic mass is 9.99. The van der Waals surface area contributed by atoms with E-state index in [2.05, 4.69) is 0 Å². The molecule has 7 N–H and O–H groups in total. The fraction of sp³-hybridized carbons (Fsp3) is 0.632. The van der Waals surface area contributed by atoms with Gasteiger partial charge in [0.15, 0.2) is 6.29 Å². The van der Waals surface area contributed by atoms with Crippen LogP contribution in [0.3, 0.4) is 0 Å². The molecule has 0 unspecified atom stereocenters. The van der Waals surface area contributed by atoms with Crippen LogP contribution in [0.4, 0.5) is 5.69 Å². The summed E-state index contributed by atoms with van der Waals surface area (Å²) in [6.45, 7) is -2.44. The molecule has 0 radical (unpaired) electrons. The summed E-state index contributed by atoms with van der Waals surface area (Å²) in [5.41, 5.74) is -0.294. The van der Waals surface area contributed by atoms with E-state index in [9.17, 15) is 50.7 Å². The lowest BCUT2D eigenvalue weighted by Crippen LogP contribution is -2.62. The fourth-order valence-electron chi connectivity index (χ4n) is 3.58. The molecule has 2 aliphatic rings. The van der Waals surface area contributed by atoms with Crippen molar-refractivity contribution in [3.05, 3.63) is 39.9 Å². The van der Waals surface area contributed by atoms with Crippen molar-refractivity contribution in [3.8, 4) is 0 Å². The largest absolute Gasteiger partial charge is 0.459 e. The summed E-state index contributed by atoms with van der Waals surface area (Å²) in [6, 6.07) is 4.47. The summed E-state index contributed by atoms with van der Waals surface area (Å²) < 4.78 is 20.9. The number of nitrogens with zero attached hydrogens (tertiary/aromatic N) is 1. The zero-order valence-corrected chi connectivity index (χ0v) is 17.5. The molecule has 1 aromatic rings. The highest BCUT2D eigenvalue weighted by Crippen LogP contribution is 2.36. The summed E-state index contributed by atoms with van der Waals surface area (Å²) in [4.78, 5) is 22.3. The van der Waals surface area contributed by atoms with Crippen molar-refractivity contribution in [3.63, 3.8) is 0 Å². The number of benzene rings is 1. The minimum atomic E-state index is -2.35. The summed E-state index contributed by atoms with van der Waals surface area (Å²) in [7, 11) is 0. The third kappa shape index (κ3) is 5.03. The number of esters is 1. The fourth-order valence-corrected chi connectivity index (χ4v) is 3.58. The van der Waals surface area contributed by atoms with Crippen molar-refractivity contribution >= 4 is 11.7 Å². The van der Waals surface area contributed by atoms with Gasteiger partial charge in [0.05, 0.1) is 17.1 Å². The van der Waals surface area contributed by atoms with Crippen LogP contribution in [0.5, 0.6) is 0 Å². The molecule has 1 aromatic carbocycles. The third-order valence-corrected chi connectivity index (χ3v) is 5.58. The summed E-state index contributed by atoms with van der Waals surface area (Å²) >= 11 is 0. The topological polar surface area (TPSA) is 239 Å². The molecule has 3 rings (SSSR count). The molecule has 15 nitrogen and oxygen atoms in total. The van der Waals surface area contributed by atoms with Crippen LogP contribution in [0, 0.1) is 10.1 Å². The number of carbonyl (C=O) groups excluding carboxylic acids is 1. The molecule has 34 heavy (non-hydrogen) atoms. The molecule has 0 aliphatic carbocycles. The Kier molecular flexibility index (Phi) is 8.14. The van der Waals surface area contributed by atoms with Gasteiger partial charge in [0.25, 0.3) is 5.69 Å². The van der Waals surface area contributed by atoms with Crippen molar-refractivity contribution < 1.29 is 64.4 Å². The Morgan fingerprint density at radius 3 is 2.18 bits per heavy atom. The lowest BCUT2D eigenvalue weighted by molar-refractivity contribution is -0.384. The highest BCUT2D eigenvalue weighted by molar-refractivity contribution is 5.89. The summed E-state index contributed by atoms with van der Waals surface area (Å²) in [5.74, 6) is -3.28. The maximum Gasteiger partial charge on any atom is 0.338 e. The molecule has 0 spiro atoms. The monoisotopic (exact) mass is 491 g/mol. The second-order valence-electron chi connectivity index (χ2n) is 7.78. The molecule has 2 heterocycles. The van der Waals surface area contributed by atoms with E-state index in [1.807, 2.05) is 0 Å². The third-order valence-electron chi connectivity index (χ3n) is 5.58. The maximum atomic E-state index is 12.2. The van der Waals surface area contributed by atoms with Crippen molar-refractivity contribution in [2.75, 3.05) is 19.8 Å². The molecule has 2 fully saturated rings. The van der Waals surface area contributed by atoms with E-state index in [4.69, 9.17) is 18.9 Å². The van der Waals surface area contributed by atoms with Crippen molar-refractivity contribution in [1.82, 2.24) is 0 Å². The van der Waals surface area contributed by atoms with Gasteiger partial charge >= 0.3 is 5.97 Å². The van der Waals surface area contributed by atoms with E-state index in [0.29, 0.717) is 0 Å². The Hall–Kier alpha value is -2.31. The first-order valence-corrected chi connectivity index (χ1v) is 10.1. The molecular weight excluding hydrogens is 466 g/mol. The number of ether oxygens (including phenoxy) is 4. The first-order valence-electron chi connectivity index (χ1n) is 10.1. The van der Waals surface area contributed by atoms with Gasteiger partial charge in [-0.25, -0.2) is 4.79 Å². The Morgan fingerprint density at radius 1 is 1.00 bits per heavy atom. The van der Waals surface area contributed by atoms with Crippen LogP contribution in [0.25, 0.3) is 0 Å². The first-order chi connectivity index (χ1) is 16.0. The van der Waals surface area contributed by atoms with E-state index in [0.717, 1.165) is 24.3 Å². The quantitative estimate of drug-likeness (QED) is 0.106. The lowest BCUT2D eigenvalue weighted by Gasteiger charge is -2.43. The molecule has 0 amide bonds. The van der Waals surface area contributed by atoms with Crippen molar-refractivity contribution in [1.29, 1.82) is 0 Å². The zero-order valence-electron chi connectivity index (χ0n) is 17.5. The highest BCUT2D eigenvalue weighted by atomic mass is 16.8. The van der Waals surface area contributed by atoms with Crippen LogP contribution < -0.4 is 0 Å². The smallest absolute Gasteiger partial charge is 0.338 e. The molecule has 0 bridgehead atoms. The van der Waals surface area contributed by atoms with E-state index in [1.165, 1.54) is 0 Å². The number of carbonyl (C=O) groups is 1. The number of nitro benzene ring substituents is 1. The van der Waals surface area contributed by atoms with Crippen molar-refractivity contribution in [2.24, 2.45) is 0 Å². The van der Waals surface area contributed by atoms with Crippen LogP contribution in [0.15, 0.2) is 24.3 Å². The van der Waals surface area contributed by atoms with Gasteiger partial charge in [0.2, 0.25) is 5.79 Å². The average molecular weight is 491 g/mol. The number of rotatable bonds is 8. The van der Waals surface area contributed by atoms with Gasteiger partial charge in [-0.3, -0.25) is 10.1 Å². The second-order valence-corrected chi connectivity index (χ2v) is 7.78. The molecule has 2 saturated heterocycles. The predicted octanol–water partition coefficient (Wildman–Crippen LogP) is -3.62. The molecule has 0 aromatic heterocycles. The van der Waals surface area contributed by atoms with Crippen LogP contribution in [0.1, 0.15) is 10.4 Å². The van der Waals surface area contributed by atoms with Crippen LogP contribution >= 0.6 is 0 Å². The molecule has 190 valence electrons. The number of nitro groups is 1. The molecular formula is C19H25NO14. The van der Waals surface area contributed by atoms with Crippen molar-refractivity contribution in [2.45, 2.75) is 54.8 Å². The van der Waals surface area contributed by atoms with Gasteiger partial charge in [0, 0.05) is 12.1 Å². The normalized spacial score (nSPS) is 38.0. The molecule has 2 aliphatic heterocycles. The average Bonchev–Trinajstić information content (AvgIpc) is 3.08. The standard InChI is InChI=1S/C19H25NO14/c21-5-10-13(24)16(27)19(7-22,33-10)34-18-15(26)14(25)12(23)11(32-18)6-31-17(28)8-1-3-9(4-2-8)20(29)30/h1-4,10-16,18,21-27H,5-7H2/t10-,11+,12+,13+,14-,15+,16-,18-,19-/m0/s1.